The summed E-state index contributed by atoms with van der Waals surface area (Å²) in [5.74, 6) is -0.347. The minimum atomic E-state index is -1.13. The van der Waals surface area contributed by atoms with Crippen molar-refractivity contribution in [3.05, 3.63) is 22.8 Å². The van der Waals surface area contributed by atoms with Gasteiger partial charge in [0.2, 0.25) is 0 Å². The molecule has 0 spiro atoms. The van der Waals surface area contributed by atoms with Crippen LogP contribution in [0.5, 0.6) is 0 Å². The molecule has 0 saturated carbocycles. The molecular formula is C7H5ClN2O3. The number of imidazole rings is 1. The Balaban J connectivity index is 2.83. The largest absolute Gasteiger partial charge is 0.476 e. The molecule has 0 bridgehead atoms. The van der Waals surface area contributed by atoms with Crippen LogP contribution >= 0.6 is 11.6 Å². The highest BCUT2D eigenvalue weighted by molar-refractivity contribution is 6.32. The van der Waals surface area contributed by atoms with E-state index in [2.05, 4.69) is 4.98 Å². The molecule has 1 N–H and O–H groups in total. The van der Waals surface area contributed by atoms with Crippen LogP contribution in [0.4, 0.5) is 0 Å². The van der Waals surface area contributed by atoms with Gasteiger partial charge in [-0.2, -0.15) is 4.98 Å². The quantitative estimate of drug-likeness (QED) is 0.759. The molecule has 0 aliphatic rings. The van der Waals surface area contributed by atoms with Crippen LogP contribution in [0.15, 0.2) is 10.6 Å². The van der Waals surface area contributed by atoms with Crippen LogP contribution < -0.4 is 0 Å². The zero-order valence-corrected chi connectivity index (χ0v) is 7.37. The number of carboxylic acids is 1. The molecular weight excluding hydrogens is 196 g/mol. The van der Waals surface area contributed by atoms with Crippen molar-refractivity contribution in [2.75, 3.05) is 0 Å². The molecule has 0 atom stereocenters. The average molecular weight is 201 g/mol. The first-order chi connectivity index (χ1) is 6.09. The number of oxazole rings is 1. The van der Waals surface area contributed by atoms with Gasteiger partial charge in [0, 0.05) is 0 Å². The van der Waals surface area contributed by atoms with E-state index in [0.717, 1.165) is 0 Å². The summed E-state index contributed by atoms with van der Waals surface area (Å²) in [6.45, 7) is 1.70. The predicted octanol–water partition coefficient (Wildman–Crippen LogP) is 1.59. The monoisotopic (exact) mass is 200 g/mol. The number of aromatic carboxylic acids is 1. The first-order valence-electron chi connectivity index (χ1n) is 3.47. The lowest BCUT2D eigenvalue weighted by molar-refractivity contribution is 0.0689. The summed E-state index contributed by atoms with van der Waals surface area (Å²) in [4.78, 5) is 14.5. The Morgan fingerprint density at radius 2 is 2.46 bits per heavy atom. The molecule has 0 aliphatic carbocycles. The van der Waals surface area contributed by atoms with Crippen molar-refractivity contribution in [1.82, 2.24) is 9.38 Å². The fraction of sp³-hybridized carbons (Fsp3) is 0.143. The normalized spacial score (nSPS) is 10.9. The Hall–Kier alpha value is -1.49. The van der Waals surface area contributed by atoms with Gasteiger partial charge in [-0.15, -0.1) is 0 Å². The number of halogens is 1. The molecule has 2 aromatic rings. The topological polar surface area (TPSA) is 67.7 Å². The van der Waals surface area contributed by atoms with E-state index in [1.54, 1.807) is 6.92 Å². The first-order valence-corrected chi connectivity index (χ1v) is 3.84. The molecule has 0 radical (unpaired) electrons. The van der Waals surface area contributed by atoms with Crippen LogP contribution in [0.25, 0.3) is 5.84 Å². The van der Waals surface area contributed by atoms with Crippen molar-refractivity contribution >= 4 is 23.4 Å². The first kappa shape index (κ1) is 8.12. The van der Waals surface area contributed by atoms with Crippen molar-refractivity contribution in [2.24, 2.45) is 0 Å². The van der Waals surface area contributed by atoms with Gasteiger partial charge in [-0.25, -0.2) is 4.79 Å². The van der Waals surface area contributed by atoms with Gasteiger partial charge >= 0.3 is 11.8 Å². The lowest BCUT2D eigenvalue weighted by atomic mass is 10.5. The van der Waals surface area contributed by atoms with Gasteiger partial charge in [0.05, 0.1) is 6.20 Å². The van der Waals surface area contributed by atoms with Crippen LogP contribution in [-0.2, 0) is 0 Å². The van der Waals surface area contributed by atoms with Crippen LogP contribution in [0, 0.1) is 6.92 Å². The van der Waals surface area contributed by atoms with E-state index >= 15 is 0 Å². The van der Waals surface area contributed by atoms with Crippen molar-refractivity contribution in [3.8, 4) is 0 Å². The maximum absolute atomic E-state index is 10.7. The fourth-order valence-corrected chi connectivity index (χ4v) is 1.37. The lowest BCUT2D eigenvalue weighted by Crippen LogP contribution is -2.00. The third kappa shape index (κ3) is 1.08. The number of aryl methyl sites for hydroxylation is 1. The van der Waals surface area contributed by atoms with Gasteiger partial charge in [-0.3, -0.25) is 4.40 Å². The summed E-state index contributed by atoms with van der Waals surface area (Å²) in [7, 11) is 0. The summed E-state index contributed by atoms with van der Waals surface area (Å²) in [6.07, 6.45) is 1.53. The molecule has 2 aromatic heterocycles. The molecule has 0 saturated heterocycles. The summed E-state index contributed by atoms with van der Waals surface area (Å²) in [6, 6.07) is 0. The predicted molar refractivity (Wildman–Crippen MR) is 44.2 cm³/mol. The Kier molecular flexibility index (Phi) is 1.56. The number of aromatic nitrogens is 2. The molecule has 5 nitrogen and oxygen atoms in total. The summed E-state index contributed by atoms with van der Waals surface area (Å²) < 4.78 is 6.39. The minimum absolute atomic E-state index is 0.0637. The zero-order valence-electron chi connectivity index (χ0n) is 6.61. The third-order valence-electron chi connectivity index (χ3n) is 1.60. The van der Waals surface area contributed by atoms with E-state index in [-0.39, 0.29) is 16.7 Å². The maximum atomic E-state index is 10.7. The average Bonchev–Trinajstić information content (AvgIpc) is 2.41. The number of fused-ring (bicyclic) bond motifs is 1. The number of rotatable bonds is 1. The van der Waals surface area contributed by atoms with Crippen LogP contribution in [0.3, 0.4) is 0 Å². The van der Waals surface area contributed by atoms with Crippen LogP contribution in [0.1, 0.15) is 16.2 Å². The van der Waals surface area contributed by atoms with E-state index in [4.69, 9.17) is 21.1 Å². The molecule has 6 heteroatoms. The van der Waals surface area contributed by atoms with Crippen molar-refractivity contribution in [1.29, 1.82) is 0 Å². The van der Waals surface area contributed by atoms with E-state index < -0.39 is 5.97 Å². The smallest absolute Gasteiger partial charge is 0.356 e. The number of nitrogens with zero attached hydrogens (tertiary/aromatic N) is 2. The molecule has 0 aliphatic heterocycles. The molecule has 0 fully saturated rings. The number of carboxylic acid groups (broad SMARTS) is 1. The SMILES string of the molecule is Cc1cn2c(C(=O)O)c(Cl)nc2o1. The summed E-state index contributed by atoms with van der Waals surface area (Å²) in [5.41, 5.74) is -0.0754. The Labute approximate surface area is 77.6 Å². The van der Waals surface area contributed by atoms with Gasteiger partial charge in [0.15, 0.2) is 10.8 Å². The molecule has 13 heavy (non-hydrogen) atoms. The van der Waals surface area contributed by atoms with E-state index in [1.165, 1.54) is 10.6 Å². The fourth-order valence-electron chi connectivity index (χ4n) is 1.12. The molecule has 0 aromatic carbocycles. The van der Waals surface area contributed by atoms with Crippen molar-refractivity contribution in [2.45, 2.75) is 6.92 Å². The highest BCUT2D eigenvalue weighted by Gasteiger charge is 2.19. The zero-order chi connectivity index (χ0) is 9.59. The van der Waals surface area contributed by atoms with E-state index in [0.29, 0.717) is 5.76 Å². The highest BCUT2D eigenvalue weighted by Crippen LogP contribution is 2.19. The number of hydrogen-bond donors (Lipinski definition) is 1. The van der Waals surface area contributed by atoms with E-state index in [1.807, 2.05) is 0 Å². The second-order valence-corrected chi connectivity index (χ2v) is 2.91. The van der Waals surface area contributed by atoms with Gasteiger partial charge in [0.1, 0.15) is 5.76 Å². The second-order valence-electron chi connectivity index (χ2n) is 2.55. The van der Waals surface area contributed by atoms with Crippen LogP contribution in [0.2, 0.25) is 5.15 Å². The second kappa shape index (κ2) is 2.50. The number of carbonyl (C=O) groups is 1. The van der Waals surface area contributed by atoms with Gasteiger partial charge < -0.3 is 9.52 Å². The Morgan fingerprint density at radius 1 is 1.77 bits per heavy atom. The van der Waals surface area contributed by atoms with Crippen LogP contribution in [-0.4, -0.2) is 20.5 Å². The standard InChI is InChI=1S/C7H5ClN2O3/c1-3-2-10-4(6(11)12)5(8)9-7(10)13-3/h2H,1H3,(H,11,12). The van der Waals surface area contributed by atoms with Crippen molar-refractivity contribution in [3.63, 3.8) is 0 Å². The Bertz CT molecular complexity index is 485. The van der Waals surface area contributed by atoms with Crippen molar-refractivity contribution < 1.29 is 14.3 Å². The summed E-state index contributed by atoms with van der Waals surface area (Å²) in [5, 5.41) is 8.71. The lowest BCUT2D eigenvalue weighted by Gasteiger charge is -1.88. The molecule has 0 amide bonds. The van der Waals surface area contributed by atoms with Gasteiger partial charge in [-0.05, 0) is 6.92 Å². The number of hydrogen-bond acceptors (Lipinski definition) is 3. The highest BCUT2D eigenvalue weighted by atomic mass is 35.5. The Morgan fingerprint density at radius 3 is 3.08 bits per heavy atom. The third-order valence-corrected chi connectivity index (χ3v) is 1.87. The minimum Gasteiger partial charge on any atom is -0.476 e. The molecule has 2 rings (SSSR count). The summed E-state index contributed by atoms with van der Waals surface area (Å²) >= 11 is 5.58. The molecule has 2 heterocycles. The van der Waals surface area contributed by atoms with Gasteiger partial charge in [0.25, 0.3) is 0 Å². The van der Waals surface area contributed by atoms with Gasteiger partial charge in [-0.1, -0.05) is 11.6 Å². The van der Waals surface area contributed by atoms with E-state index in [9.17, 15) is 4.79 Å². The maximum Gasteiger partial charge on any atom is 0.356 e. The molecule has 68 valence electrons. The molecule has 0 unspecified atom stereocenters.